The first kappa shape index (κ1) is 14.8. The molecule has 0 atom stereocenters. The normalized spacial score (nSPS) is 11.9. The Labute approximate surface area is 159 Å². The molecule has 0 spiro atoms. The summed E-state index contributed by atoms with van der Waals surface area (Å²) in [6.07, 6.45) is 0. The first-order chi connectivity index (χ1) is 13.3. The van der Waals surface area contributed by atoms with Crippen LogP contribution in [0.25, 0.3) is 53.2 Å². The highest BCUT2D eigenvalue weighted by Crippen LogP contribution is 2.44. The van der Waals surface area contributed by atoms with Crippen molar-refractivity contribution in [3.63, 3.8) is 0 Å². The van der Waals surface area contributed by atoms with Crippen LogP contribution >= 0.6 is 11.3 Å². The number of hydrogen-bond acceptors (Lipinski definition) is 3. The number of benzene rings is 4. The van der Waals surface area contributed by atoms with Crippen molar-refractivity contribution in [3.8, 4) is 11.1 Å². The van der Waals surface area contributed by atoms with E-state index in [-0.39, 0.29) is 0 Å². The van der Waals surface area contributed by atoms with Crippen LogP contribution in [0, 0.1) is 0 Å². The lowest BCUT2D eigenvalue weighted by Gasteiger charge is -2.07. The first-order valence-corrected chi connectivity index (χ1v) is 9.73. The summed E-state index contributed by atoms with van der Waals surface area (Å²) in [5.74, 6) is 0. The highest BCUT2D eigenvalue weighted by molar-refractivity contribution is 7.26. The van der Waals surface area contributed by atoms with Crippen LogP contribution in [0.4, 0.5) is 5.69 Å². The van der Waals surface area contributed by atoms with Crippen LogP contribution in [0.2, 0.25) is 0 Å². The van der Waals surface area contributed by atoms with E-state index in [9.17, 15) is 0 Å². The fraction of sp³-hybridized carbons (Fsp3) is 0. The second-order valence-corrected chi connectivity index (χ2v) is 7.84. The van der Waals surface area contributed by atoms with Crippen LogP contribution in [0.5, 0.6) is 0 Å². The summed E-state index contributed by atoms with van der Waals surface area (Å²) in [6.45, 7) is 0. The fourth-order valence-electron chi connectivity index (χ4n) is 4.03. The number of nitrogens with two attached hydrogens (primary N) is 1. The van der Waals surface area contributed by atoms with Gasteiger partial charge in [0, 0.05) is 36.5 Å². The Morgan fingerprint density at radius 1 is 0.667 bits per heavy atom. The Bertz CT molecular complexity index is 1490. The van der Waals surface area contributed by atoms with Gasteiger partial charge in [0.05, 0.1) is 5.69 Å². The minimum absolute atomic E-state index is 0.675. The molecule has 2 N–H and O–H groups in total. The minimum Gasteiger partial charge on any atom is -0.454 e. The molecule has 3 heteroatoms. The molecule has 0 saturated heterocycles. The topological polar surface area (TPSA) is 39.2 Å². The summed E-state index contributed by atoms with van der Waals surface area (Å²) in [7, 11) is 0. The van der Waals surface area contributed by atoms with Gasteiger partial charge in [-0.15, -0.1) is 11.3 Å². The van der Waals surface area contributed by atoms with E-state index in [1.807, 2.05) is 35.6 Å². The van der Waals surface area contributed by atoms with Crippen LogP contribution in [-0.4, -0.2) is 0 Å². The molecule has 2 heterocycles. The highest BCUT2D eigenvalue weighted by Gasteiger charge is 2.17. The zero-order valence-corrected chi connectivity index (χ0v) is 15.2. The average molecular weight is 365 g/mol. The van der Waals surface area contributed by atoms with Gasteiger partial charge < -0.3 is 10.2 Å². The summed E-state index contributed by atoms with van der Waals surface area (Å²) in [4.78, 5) is 0. The lowest BCUT2D eigenvalue weighted by molar-refractivity contribution is 0.670. The van der Waals surface area contributed by atoms with Crippen LogP contribution in [0.1, 0.15) is 0 Å². The standard InChI is InChI=1S/C24H15NOS/c25-19-13-12-15(22-18-7-1-3-10-20(18)26-23(19)22)17-9-5-8-16-14-6-2-4-11-21(14)27-24(16)17/h1-13H,25H2. The molecule has 6 rings (SSSR count). The van der Waals surface area contributed by atoms with Crippen LogP contribution in [-0.2, 0) is 0 Å². The van der Waals surface area contributed by atoms with Crippen LogP contribution < -0.4 is 5.73 Å². The molecular weight excluding hydrogens is 350 g/mol. The molecule has 0 aliphatic carbocycles. The van der Waals surface area contributed by atoms with Crippen molar-refractivity contribution in [2.45, 2.75) is 0 Å². The number of anilines is 1. The maximum atomic E-state index is 6.25. The highest BCUT2D eigenvalue weighted by atomic mass is 32.1. The molecule has 0 fully saturated rings. The molecule has 0 aliphatic rings. The van der Waals surface area contributed by atoms with E-state index in [1.165, 1.54) is 31.3 Å². The zero-order chi connectivity index (χ0) is 18.0. The van der Waals surface area contributed by atoms with E-state index >= 15 is 0 Å². The molecule has 2 aromatic heterocycles. The monoisotopic (exact) mass is 365 g/mol. The summed E-state index contributed by atoms with van der Waals surface area (Å²) < 4.78 is 8.70. The third kappa shape index (κ3) is 2.00. The largest absolute Gasteiger partial charge is 0.454 e. The molecular formula is C24H15NOS. The third-order valence-corrected chi connectivity index (χ3v) is 6.47. The fourth-order valence-corrected chi connectivity index (χ4v) is 5.26. The average Bonchev–Trinajstić information content (AvgIpc) is 3.28. The van der Waals surface area contributed by atoms with Gasteiger partial charge in [-0.2, -0.15) is 0 Å². The molecule has 27 heavy (non-hydrogen) atoms. The quantitative estimate of drug-likeness (QED) is 0.313. The molecule has 0 amide bonds. The van der Waals surface area contributed by atoms with Crippen molar-refractivity contribution < 1.29 is 4.42 Å². The Kier molecular flexibility index (Phi) is 2.94. The van der Waals surface area contributed by atoms with E-state index in [4.69, 9.17) is 10.2 Å². The van der Waals surface area contributed by atoms with Gasteiger partial charge >= 0.3 is 0 Å². The second-order valence-electron chi connectivity index (χ2n) is 6.79. The zero-order valence-electron chi connectivity index (χ0n) is 14.4. The number of para-hydroxylation sites is 1. The summed E-state index contributed by atoms with van der Waals surface area (Å²) in [5.41, 5.74) is 11.0. The lowest BCUT2D eigenvalue weighted by Crippen LogP contribution is -1.87. The van der Waals surface area contributed by atoms with E-state index < -0.39 is 0 Å². The molecule has 4 aromatic carbocycles. The molecule has 0 unspecified atom stereocenters. The lowest BCUT2D eigenvalue weighted by atomic mass is 9.97. The predicted molar refractivity (Wildman–Crippen MR) is 116 cm³/mol. The second kappa shape index (κ2) is 5.35. The number of thiophene rings is 1. The van der Waals surface area contributed by atoms with Crippen LogP contribution in [0.3, 0.4) is 0 Å². The van der Waals surface area contributed by atoms with Gasteiger partial charge in [0.25, 0.3) is 0 Å². The third-order valence-electron chi connectivity index (χ3n) is 5.25. The van der Waals surface area contributed by atoms with Crippen molar-refractivity contribution in [3.05, 3.63) is 78.9 Å². The van der Waals surface area contributed by atoms with Gasteiger partial charge in [-0.05, 0) is 23.8 Å². The van der Waals surface area contributed by atoms with E-state index in [0.29, 0.717) is 5.69 Å². The maximum absolute atomic E-state index is 6.25. The van der Waals surface area contributed by atoms with Gasteiger partial charge in [0.15, 0.2) is 5.58 Å². The Morgan fingerprint density at radius 2 is 1.44 bits per heavy atom. The first-order valence-electron chi connectivity index (χ1n) is 8.91. The van der Waals surface area contributed by atoms with Gasteiger partial charge in [-0.25, -0.2) is 0 Å². The molecule has 2 nitrogen and oxygen atoms in total. The van der Waals surface area contributed by atoms with E-state index in [1.54, 1.807) is 0 Å². The molecule has 6 aromatic rings. The predicted octanol–water partition coefficient (Wildman–Crippen LogP) is 7.20. The minimum atomic E-state index is 0.675. The number of fused-ring (bicyclic) bond motifs is 6. The molecule has 0 saturated carbocycles. The Hall–Kier alpha value is -3.30. The molecule has 128 valence electrons. The van der Waals surface area contributed by atoms with E-state index in [0.717, 1.165) is 21.9 Å². The van der Waals surface area contributed by atoms with E-state index in [2.05, 4.69) is 54.6 Å². The van der Waals surface area contributed by atoms with Crippen molar-refractivity contribution in [1.29, 1.82) is 0 Å². The SMILES string of the molecule is Nc1ccc(-c2cccc3c2sc2ccccc23)c2c1oc1ccccc12. The summed E-state index contributed by atoms with van der Waals surface area (Å²) in [6, 6.07) is 27.4. The molecule has 0 aliphatic heterocycles. The number of hydrogen-bond donors (Lipinski definition) is 1. The van der Waals surface area contributed by atoms with Crippen molar-refractivity contribution in [1.82, 2.24) is 0 Å². The number of rotatable bonds is 1. The molecule has 0 bridgehead atoms. The van der Waals surface area contributed by atoms with Gasteiger partial charge in [0.1, 0.15) is 5.58 Å². The van der Waals surface area contributed by atoms with Crippen molar-refractivity contribution in [2.24, 2.45) is 0 Å². The molecule has 0 radical (unpaired) electrons. The van der Waals surface area contributed by atoms with Crippen molar-refractivity contribution in [2.75, 3.05) is 5.73 Å². The summed E-state index contributed by atoms with van der Waals surface area (Å²) in [5, 5.41) is 4.80. The number of nitrogen functional groups attached to an aromatic ring is 1. The van der Waals surface area contributed by atoms with Gasteiger partial charge in [-0.3, -0.25) is 0 Å². The van der Waals surface area contributed by atoms with Gasteiger partial charge in [0.2, 0.25) is 0 Å². The van der Waals surface area contributed by atoms with Crippen molar-refractivity contribution >= 4 is 59.1 Å². The maximum Gasteiger partial charge on any atom is 0.158 e. The Balaban J connectivity index is 1.80. The summed E-state index contributed by atoms with van der Waals surface area (Å²) >= 11 is 1.84. The Morgan fingerprint density at radius 3 is 2.37 bits per heavy atom. The smallest absolute Gasteiger partial charge is 0.158 e. The van der Waals surface area contributed by atoms with Gasteiger partial charge in [-0.1, -0.05) is 60.7 Å². The van der Waals surface area contributed by atoms with Crippen LogP contribution in [0.15, 0.2) is 83.3 Å². The number of furan rings is 1.